The minimum Gasteiger partial charge on any atom is -0.508 e. The van der Waals surface area contributed by atoms with Crippen molar-refractivity contribution in [3.05, 3.63) is 69.3 Å². The van der Waals surface area contributed by atoms with Gasteiger partial charge >= 0.3 is 0 Å². The number of benzene rings is 2. The summed E-state index contributed by atoms with van der Waals surface area (Å²) in [5, 5.41) is 9.15. The van der Waals surface area contributed by atoms with Crippen molar-refractivity contribution in [3.8, 4) is 5.75 Å². The van der Waals surface area contributed by atoms with E-state index in [-0.39, 0.29) is 11.5 Å². The minimum absolute atomic E-state index is 0.0283. The van der Waals surface area contributed by atoms with Gasteiger partial charge in [-0.1, -0.05) is 30.3 Å². The van der Waals surface area contributed by atoms with Gasteiger partial charge in [0.05, 0.1) is 0 Å². The molecule has 0 spiro atoms. The molecule has 0 atom stereocenters. The summed E-state index contributed by atoms with van der Waals surface area (Å²) in [4.78, 5) is 11.9. The molecule has 0 bridgehead atoms. The molecule has 3 heteroatoms. The highest BCUT2D eigenvalue weighted by Crippen LogP contribution is 2.12. The van der Waals surface area contributed by atoms with E-state index in [4.69, 9.17) is 5.11 Å². The van der Waals surface area contributed by atoms with Gasteiger partial charge in [0.2, 0.25) is 0 Å². The Morgan fingerprint density at radius 3 is 2.22 bits per heavy atom. The molecule has 0 fully saturated rings. The van der Waals surface area contributed by atoms with Crippen LogP contribution < -0.4 is 0 Å². The number of phenolic OH excluding ortho intramolecular Hbond substituents is 1. The van der Waals surface area contributed by atoms with E-state index >= 15 is 0 Å². The fraction of sp³-hybridized carbons (Fsp3) is 0. The molecule has 0 saturated carbocycles. The van der Waals surface area contributed by atoms with Crippen LogP contribution in [0.25, 0.3) is 6.08 Å². The topological polar surface area (TPSA) is 37.3 Å². The Morgan fingerprint density at radius 2 is 1.61 bits per heavy atom. The maximum absolute atomic E-state index is 11.9. The Bertz CT molecular complexity index is 568. The third kappa shape index (κ3) is 3.43. The Kier molecular flexibility index (Phi) is 4.15. The van der Waals surface area contributed by atoms with Crippen molar-refractivity contribution in [3.63, 3.8) is 0 Å². The van der Waals surface area contributed by atoms with Gasteiger partial charge in [-0.2, -0.15) is 0 Å². The maximum Gasteiger partial charge on any atom is 0.185 e. The first kappa shape index (κ1) is 12.8. The van der Waals surface area contributed by atoms with E-state index in [1.807, 2.05) is 24.3 Å². The number of rotatable bonds is 3. The second-order valence-electron chi connectivity index (χ2n) is 3.80. The highest BCUT2D eigenvalue weighted by Gasteiger charge is 2.00. The first-order chi connectivity index (χ1) is 8.65. The Morgan fingerprint density at radius 1 is 1.00 bits per heavy atom. The lowest BCUT2D eigenvalue weighted by Crippen LogP contribution is -1.93. The lowest BCUT2D eigenvalue weighted by atomic mass is 10.1. The molecule has 2 rings (SSSR count). The van der Waals surface area contributed by atoms with Crippen molar-refractivity contribution in [1.29, 1.82) is 0 Å². The molecule has 0 aliphatic heterocycles. The number of allylic oxidation sites excluding steroid dienone is 1. The van der Waals surface area contributed by atoms with Gasteiger partial charge in [-0.15, -0.1) is 0 Å². The monoisotopic (exact) mass is 350 g/mol. The van der Waals surface area contributed by atoms with E-state index in [2.05, 4.69) is 22.6 Å². The summed E-state index contributed by atoms with van der Waals surface area (Å²) >= 11 is 2.20. The number of phenols is 1. The van der Waals surface area contributed by atoms with Crippen LogP contribution >= 0.6 is 22.6 Å². The second kappa shape index (κ2) is 5.82. The normalized spacial score (nSPS) is 10.7. The molecule has 2 aromatic rings. The molecular formula is C15H11IO2. The molecule has 0 amide bonds. The molecule has 90 valence electrons. The fourth-order valence-electron chi connectivity index (χ4n) is 1.47. The van der Waals surface area contributed by atoms with Gasteiger partial charge in [-0.05, 0) is 58.5 Å². The van der Waals surface area contributed by atoms with Crippen LogP contribution in [0, 0.1) is 3.57 Å². The van der Waals surface area contributed by atoms with Gasteiger partial charge in [0, 0.05) is 9.13 Å². The zero-order chi connectivity index (χ0) is 13.0. The number of ketones is 1. The van der Waals surface area contributed by atoms with Crippen LogP contribution in [0.3, 0.4) is 0 Å². The molecule has 0 aromatic heterocycles. The average molecular weight is 350 g/mol. The summed E-state index contributed by atoms with van der Waals surface area (Å²) in [6.07, 6.45) is 3.27. The zero-order valence-electron chi connectivity index (χ0n) is 9.51. The molecule has 0 heterocycles. The number of carbonyl (C=O) groups is 1. The van der Waals surface area contributed by atoms with E-state index in [0.717, 1.165) is 9.13 Å². The van der Waals surface area contributed by atoms with Crippen LogP contribution in [0.4, 0.5) is 0 Å². The van der Waals surface area contributed by atoms with Crippen molar-refractivity contribution >= 4 is 34.5 Å². The van der Waals surface area contributed by atoms with Crippen molar-refractivity contribution in [1.82, 2.24) is 0 Å². The number of halogens is 1. The number of hydrogen-bond donors (Lipinski definition) is 1. The zero-order valence-corrected chi connectivity index (χ0v) is 11.7. The lowest BCUT2D eigenvalue weighted by molar-refractivity contribution is 0.104. The van der Waals surface area contributed by atoms with Crippen LogP contribution in [-0.2, 0) is 0 Å². The van der Waals surface area contributed by atoms with Gasteiger partial charge in [0.25, 0.3) is 0 Å². The number of carbonyl (C=O) groups excluding carboxylic acids is 1. The van der Waals surface area contributed by atoms with Crippen molar-refractivity contribution in [2.24, 2.45) is 0 Å². The van der Waals surface area contributed by atoms with Gasteiger partial charge < -0.3 is 5.11 Å². The van der Waals surface area contributed by atoms with E-state index < -0.39 is 0 Å². The Hall–Kier alpha value is -1.62. The third-order valence-corrected chi connectivity index (χ3v) is 3.17. The van der Waals surface area contributed by atoms with E-state index in [0.29, 0.717) is 5.56 Å². The highest BCUT2D eigenvalue weighted by molar-refractivity contribution is 14.1. The molecule has 1 N–H and O–H groups in total. The lowest BCUT2D eigenvalue weighted by Gasteiger charge is -1.96. The van der Waals surface area contributed by atoms with Crippen LogP contribution in [0.1, 0.15) is 15.9 Å². The number of hydrogen-bond acceptors (Lipinski definition) is 2. The minimum atomic E-state index is -0.0283. The Balaban J connectivity index is 2.11. The fourth-order valence-corrected chi connectivity index (χ4v) is 1.83. The van der Waals surface area contributed by atoms with Crippen LogP contribution in [0.2, 0.25) is 0 Å². The van der Waals surface area contributed by atoms with Gasteiger partial charge in [0.1, 0.15) is 5.75 Å². The van der Waals surface area contributed by atoms with E-state index in [1.165, 1.54) is 6.08 Å². The van der Waals surface area contributed by atoms with Crippen LogP contribution in [0.5, 0.6) is 5.75 Å². The SMILES string of the molecule is O=C(/C=C/c1ccc(O)cc1)c1ccc(I)cc1. The smallest absolute Gasteiger partial charge is 0.185 e. The average Bonchev–Trinajstić information content (AvgIpc) is 2.38. The summed E-state index contributed by atoms with van der Waals surface area (Å²) in [5.41, 5.74) is 1.55. The van der Waals surface area contributed by atoms with Gasteiger partial charge in [-0.3, -0.25) is 4.79 Å². The first-order valence-corrected chi connectivity index (χ1v) is 6.50. The predicted octanol–water partition coefficient (Wildman–Crippen LogP) is 3.89. The summed E-state index contributed by atoms with van der Waals surface area (Å²) < 4.78 is 1.10. The molecule has 0 aliphatic carbocycles. The molecular weight excluding hydrogens is 339 g/mol. The second-order valence-corrected chi connectivity index (χ2v) is 5.04. The maximum atomic E-state index is 11.9. The molecule has 2 aromatic carbocycles. The molecule has 2 nitrogen and oxygen atoms in total. The standard InChI is InChI=1S/C15H11IO2/c16-13-6-4-12(5-7-13)15(18)10-3-11-1-8-14(17)9-2-11/h1-10,17H/b10-3+. The van der Waals surface area contributed by atoms with Gasteiger partial charge in [0.15, 0.2) is 5.78 Å². The largest absolute Gasteiger partial charge is 0.508 e. The predicted molar refractivity (Wildman–Crippen MR) is 80.6 cm³/mol. The Labute approximate surface area is 119 Å². The molecule has 18 heavy (non-hydrogen) atoms. The third-order valence-electron chi connectivity index (χ3n) is 2.45. The summed E-state index contributed by atoms with van der Waals surface area (Å²) in [5.74, 6) is 0.190. The summed E-state index contributed by atoms with van der Waals surface area (Å²) in [6, 6.07) is 14.1. The molecule has 0 radical (unpaired) electrons. The number of aromatic hydroxyl groups is 1. The highest BCUT2D eigenvalue weighted by atomic mass is 127. The van der Waals surface area contributed by atoms with Crippen molar-refractivity contribution in [2.75, 3.05) is 0 Å². The van der Waals surface area contributed by atoms with Gasteiger partial charge in [-0.25, -0.2) is 0 Å². The molecule has 0 saturated heterocycles. The van der Waals surface area contributed by atoms with Crippen LogP contribution in [0.15, 0.2) is 54.6 Å². The first-order valence-electron chi connectivity index (χ1n) is 5.42. The van der Waals surface area contributed by atoms with Crippen LogP contribution in [-0.4, -0.2) is 10.9 Å². The van der Waals surface area contributed by atoms with E-state index in [1.54, 1.807) is 30.3 Å². The molecule has 0 aliphatic rings. The van der Waals surface area contributed by atoms with Crippen molar-refractivity contribution in [2.45, 2.75) is 0 Å². The molecule has 0 unspecified atom stereocenters. The van der Waals surface area contributed by atoms with E-state index in [9.17, 15) is 4.79 Å². The summed E-state index contributed by atoms with van der Waals surface area (Å²) in [6.45, 7) is 0. The van der Waals surface area contributed by atoms with Crippen molar-refractivity contribution < 1.29 is 9.90 Å². The quantitative estimate of drug-likeness (QED) is 0.518. The summed E-state index contributed by atoms with van der Waals surface area (Å²) in [7, 11) is 0.